The summed E-state index contributed by atoms with van der Waals surface area (Å²) < 4.78 is 0. The smallest absolute Gasteiger partial charge is 0.753 e. The third-order valence-corrected chi connectivity index (χ3v) is 13.7. The van der Waals surface area contributed by atoms with Crippen molar-refractivity contribution in [1.29, 1.82) is 15.8 Å². The number of isothiocyanates is 1. The van der Waals surface area contributed by atoms with Crippen LogP contribution in [0.4, 0.5) is 0 Å². The maximum Gasteiger partial charge on any atom is 3.00 e. The molecular weight excluding hydrogens is 1790 g/mol. The molecule has 12 nitrogen and oxygen atoms in total. The van der Waals surface area contributed by atoms with Crippen molar-refractivity contribution in [2.75, 3.05) is 0 Å². The summed E-state index contributed by atoms with van der Waals surface area (Å²) in [5.41, 5.74) is 20.2. The largest absolute Gasteiger partial charge is 3.00 e. The Morgan fingerprint density at radius 3 is 0.540 bits per heavy atom. The van der Waals surface area contributed by atoms with Crippen molar-refractivity contribution in [3.63, 3.8) is 0 Å². The summed E-state index contributed by atoms with van der Waals surface area (Å²) in [4.78, 5) is 29.9. The predicted octanol–water partition coefficient (Wildman–Crippen LogP) is 26.7. The molecule has 0 aliphatic heterocycles. The summed E-state index contributed by atoms with van der Waals surface area (Å²) in [6.07, 6.45) is 20.2. The van der Waals surface area contributed by atoms with E-state index < -0.39 is 0 Å². The van der Waals surface area contributed by atoms with Gasteiger partial charge in [-0.2, -0.15) is 289 Å². The van der Waals surface area contributed by atoms with Crippen molar-refractivity contribution in [2.24, 2.45) is 0 Å². The van der Waals surface area contributed by atoms with Crippen LogP contribution in [0.25, 0.3) is 123 Å². The van der Waals surface area contributed by atoms with E-state index in [0.717, 1.165) is 118 Å². The van der Waals surface area contributed by atoms with Crippen LogP contribution in [0.2, 0.25) is 0 Å². The first-order chi connectivity index (χ1) is 58.4. The van der Waals surface area contributed by atoms with Gasteiger partial charge in [0, 0.05) is 59.5 Å². The molecule has 124 heavy (non-hydrogen) atoms. The first-order valence-electron chi connectivity index (χ1n) is 36.9. The van der Waals surface area contributed by atoms with Crippen molar-refractivity contribution < 1.29 is 92.4 Å². The molecule has 0 bridgehead atoms. The van der Waals surface area contributed by atoms with Crippen LogP contribution in [0.15, 0.2) is 334 Å². The van der Waals surface area contributed by atoms with E-state index in [-0.39, 0.29) is 82.5 Å². The van der Waals surface area contributed by atoms with Crippen LogP contribution >= 0.6 is 12.2 Å². The number of pyridine rings is 5. The number of nitriles is 2. The zero-order valence-corrected chi connectivity index (χ0v) is 76.4. The molecule has 0 saturated carbocycles. The minimum atomic E-state index is 0. The van der Waals surface area contributed by atoms with E-state index in [0.29, 0.717) is 6.08 Å². The molecule has 0 fully saturated rings. The van der Waals surface area contributed by atoms with Gasteiger partial charge < -0.3 is 72.5 Å². The molecule has 15 aromatic rings. The van der Waals surface area contributed by atoms with E-state index in [1.807, 2.05) is 405 Å². The zero-order chi connectivity index (χ0) is 87.4. The Morgan fingerprint density at radius 2 is 0.427 bits per heavy atom. The van der Waals surface area contributed by atoms with Crippen molar-refractivity contribution >= 4 is 36.1 Å². The molecule has 10 aromatic carbocycles. The molecule has 5 heterocycles. The standard InChI is InChI=1S/5C17H11N.5C3H7.CHNO.CNO.CHNS.CNS.CN.5Ni/c5*1-2-7-14(8-3-1)15-9-6-10-16(13-15)17-11-4-5-12-18-17;5*1-3-2;4*2-1-3;1-2;;;;;/h5*1-7,9-12H;5*3H,1-2H3;3H;;3H;;;;;;;/q5*-2;5*-1;;-1;;2*-1;+2;4*+3/p-1. The van der Waals surface area contributed by atoms with Gasteiger partial charge in [-0.3, -0.25) is 29.7 Å². The number of nitrogens with zero attached hydrogens (tertiary/aromatic N) is 10. The number of thiocyanates is 1. The second-order valence-electron chi connectivity index (χ2n) is 23.1. The summed E-state index contributed by atoms with van der Waals surface area (Å²) in [6, 6.07) is 132. The number of hydrogen-bond donors (Lipinski definition) is 1. The van der Waals surface area contributed by atoms with Gasteiger partial charge in [-0.05, 0) is 36.4 Å². The van der Waals surface area contributed by atoms with Crippen LogP contribution in [-0.4, -0.2) is 41.3 Å². The molecule has 640 valence electrons. The zero-order valence-electron chi connectivity index (χ0n) is 69.9. The van der Waals surface area contributed by atoms with Gasteiger partial charge in [-0.1, -0.05) is 78.3 Å². The van der Waals surface area contributed by atoms with Gasteiger partial charge in [0.2, 0.25) is 0 Å². The number of aliphatic hydroxyl groups excluding tert-OH is 1. The second kappa shape index (κ2) is 83.4. The molecule has 4 radical (unpaired) electrons. The van der Waals surface area contributed by atoms with E-state index in [1.165, 1.54) is 10.6 Å². The van der Waals surface area contributed by atoms with Crippen LogP contribution in [-0.2, 0) is 99.9 Å². The molecule has 0 saturated heterocycles. The van der Waals surface area contributed by atoms with Gasteiger partial charge in [0.25, 0.3) is 6.26 Å². The van der Waals surface area contributed by atoms with Gasteiger partial charge in [0.15, 0.2) is 0 Å². The second-order valence-corrected chi connectivity index (χ2v) is 23.5. The first kappa shape index (κ1) is 121. The summed E-state index contributed by atoms with van der Waals surface area (Å²) in [5.74, 6) is 0. The minimum absolute atomic E-state index is 0. The Bertz CT molecular complexity index is 4190. The van der Waals surface area contributed by atoms with Crippen molar-refractivity contribution in [3.8, 4) is 124 Å². The SMILES string of the molecule is C[CH-]C.C[CH-]C.C[CH-]C.C[CH-]C.C[CH-]C.N#CO.N#C[S-].[C-]#N.[N-]=C=O.[N-]=C=S.[Ni+2].[Ni+3].[Ni+3].[Ni+3].[Ni+3].[c-]1ccccc1-c1[c-]c(-c2ccccn2)ccc1.[c-]1ccccc1-c1[c-]c(-c2ccccn2)ccc1.[c-]1ccccc1-c1[c-]c(-c2ccccn2)ccc1.[c-]1ccccc1-c1[c-]c(-c2ccccn2)ccc1.[c-]1ccccc1-c1[c-]c(-c2ccccn2)ccc1. The predicted molar refractivity (Wildman–Crippen MR) is 493 cm³/mol. The number of aromatic nitrogens is 5. The molecule has 19 heteroatoms. The molecule has 0 unspecified atom stereocenters. The normalized spacial score (nSPS) is 8.40. The minimum Gasteiger partial charge on any atom is -0.753 e. The monoisotopic (exact) mass is 1880 g/mol. The summed E-state index contributed by atoms with van der Waals surface area (Å²) >= 11 is 7.40. The number of hydrogen-bond acceptors (Lipinski definition) is 12. The molecule has 0 amide bonds. The summed E-state index contributed by atoms with van der Waals surface area (Å²) in [5, 5.41) is 43.7. The number of thiocarbonyl (C=S) groups is 1. The van der Waals surface area contributed by atoms with E-state index in [2.05, 4.69) is 110 Å². The Labute approximate surface area is 799 Å². The molecule has 0 aliphatic carbocycles. The number of rotatable bonds is 10. The van der Waals surface area contributed by atoms with Crippen LogP contribution < -0.4 is 0 Å². The maximum atomic E-state index is 8.24. The Balaban J connectivity index is -0.000000436. The van der Waals surface area contributed by atoms with E-state index in [4.69, 9.17) is 43.1 Å². The molecule has 15 rings (SSSR count). The fourth-order valence-corrected chi connectivity index (χ4v) is 9.29. The topological polar surface area (TPSA) is 218 Å². The van der Waals surface area contributed by atoms with Crippen molar-refractivity contribution in [2.45, 2.75) is 69.2 Å². The Morgan fingerprint density at radius 1 is 0.306 bits per heavy atom. The summed E-state index contributed by atoms with van der Waals surface area (Å²) in [7, 11) is 0. The third-order valence-electron chi connectivity index (χ3n) is 13.7. The van der Waals surface area contributed by atoms with Crippen LogP contribution in [0.5, 0.6) is 0 Å². The first-order valence-corrected chi connectivity index (χ1v) is 37.8. The van der Waals surface area contributed by atoms with Gasteiger partial charge in [-0.15, -0.1) is 119 Å². The fourth-order valence-electron chi connectivity index (χ4n) is 9.29. The maximum absolute atomic E-state index is 8.24. The van der Waals surface area contributed by atoms with Crippen molar-refractivity contribution in [3.05, 3.63) is 444 Å². The van der Waals surface area contributed by atoms with E-state index in [9.17, 15) is 0 Å². The quantitative estimate of drug-likeness (QED) is 0.0257. The van der Waals surface area contributed by atoms with Gasteiger partial charge >= 0.3 is 82.5 Å². The molecule has 0 spiro atoms. The number of carbonyl (C=O) groups excluding carboxylic acids is 1. The average molecular weight is 1880 g/mol. The van der Waals surface area contributed by atoms with E-state index in [1.54, 1.807) is 31.0 Å². The van der Waals surface area contributed by atoms with Crippen molar-refractivity contribution in [1.82, 2.24) is 24.9 Å². The molecular formula is C105H91N10Ni5O2S2-5. The Kier molecular flexibility index (Phi) is 81.1. The van der Waals surface area contributed by atoms with Crippen LogP contribution in [0.1, 0.15) is 69.2 Å². The van der Waals surface area contributed by atoms with Gasteiger partial charge in [0.05, 0.1) is 0 Å². The summed E-state index contributed by atoms with van der Waals surface area (Å²) in [6.45, 7) is 24.8. The average Bonchev–Trinajstić information content (AvgIpc) is 0.864. The number of isocyanates is 1. The number of benzene rings is 10. The van der Waals surface area contributed by atoms with Gasteiger partial charge in [-0.25, -0.2) is 33.1 Å². The molecule has 0 aliphatic rings. The number of aliphatic hydroxyl groups is 1. The van der Waals surface area contributed by atoms with Gasteiger partial charge in [0.1, 0.15) is 0 Å². The molecule has 5 aromatic heterocycles. The van der Waals surface area contributed by atoms with Crippen LogP contribution in [0, 0.1) is 127 Å². The van der Waals surface area contributed by atoms with E-state index >= 15 is 0 Å². The molecule has 0 atom stereocenters. The fraction of sp³-hybridized carbons (Fsp3) is 0.0952. The third kappa shape index (κ3) is 52.4. The molecule has 1 N–H and O–H groups in total. The Hall–Kier alpha value is -11.9. The van der Waals surface area contributed by atoms with Crippen LogP contribution in [0.3, 0.4) is 0 Å².